The number of carbonyl (C=O) groups is 2. The van der Waals surface area contributed by atoms with Crippen molar-refractivity contribution in [3.8, 4) is 11.4 Å². The normalized spacial score (nSPS) is 10.6. The third kappa shape index (κ3) is 5.19. The minimum Gasteiger partial charge on any atom is -0.483 e. The van der Waals surface area contributed by atoms with Crippen LogP contribution < -0.4 is 15.6 Å². The molecule has 1 heterocycles. The van der Waals surface area contributed by atoms with Gasteiger partial charge in [0.2, 0.25) is 0 Å². The number of nitrogens with zero attached hydrogens (tertiary/aromatic N) is 3. The first-order valence-electron chi connectivity index (χ1n) is 9.21. The fourth-order valence-electron chi connectivity index (χ4n) is 2.73. The highest BCUT2D eigenvalue weighted by Crippen LogP contribution is 2.27. The lowest BCUT2D eigenvalue weighted by Crippen LogP contribution is -2.43. The van der Waals surface area contributed by atoms with Gasteiger partial charge in [0, 0.05) is 5.56 Å². The van der Waals surface area contributed by atoms with Gasteiger partial charge in [-0.25, -0.2) is 9.67 Å². The van der Waals surface area contributed by atoms with E-state index in [0.717, 1.165) is 16.8 Å². The van der Waals surface area contributed by atoms with E-state index in [1.165, 1.54) is 6.33 Å². The number of aromatic nitrogens is 3. The molecule has 0 atom stereocenters. The number of benzene rings is 2. The molecule has 1 aromatic heterocycles. The van der Waals surface area contributed by atoms with Crippen LogP contribution in [-0.2, 0) is 4.79 Å². The van der Waals surface area contributed by atoms with E-state index < -0.39 is 11.8 Å². The summed E-state index contributed by atoms with van der Waals surface area (Å²) in [6, 6.07) is 12.7. The molecule has 0 bridgehead atoms. The van der Waals surface area contributed by atoms with E-state index in [2.05, 4.69) is 34.8 Å². The number of hydrogen-bond donors (Lipinski definition) is 2. The molecule has 8 nitrogen and oxygen atoms in total. The van der Waals surface area contributed by atoms with Crippen LogP contribution in [0.5, 0.6) is 5.75 Å². The molecule has 0 saturated carbocycles. The lowest BCUT2D eigenvalue weighted by Gasteiger charge is -2.15. The highest BCUT2D eigenvalue weighted by atomic mass is 16.5. The van der Waals surface area contributed by atoms with Crippen molar-refractivity contribution in [3.63, 3.8) is 0 Å². The van der Waals surface area contributed by atoms with E-state index in [-0.39, 0.29) is 12.5 Å². The molecule has 3 aromatic rings. The Kier molecular flexibility index (Phi) is 6.23. The van der Waals surface area contributed by atoms with Crippen molar-refractivity contribution in [2.24, 2.45) is 0 Å². The number of nitrogens with one attached hydrogen (secondary N) is 2. The van der Waals surface area contributed by atoms with Crippen LogP contribution in [0, 0.1) is 6.92 Å². The molecule has 0 aliphatic carbocycles. The molecule has 0 aliphatic heterocycles. The van der Waals surface area contributed by atoms with Crippen molar-refractivity contribution in [1.29, 1.82) is 0 Å². The van der Waals surface area contributed by atoms with Crippen molar-refractivity contribution in [2.75, 3.05) is 6.61 Å². The Morgan fingerprint density at radius 1 is 1.10 bits per heavy atom. The summed E-state index contributed by atoms with van der Waals surface area (Å²) in [7, 11) is 0. The van der Waals surface area contributed by atoms with Crippen LogP contribution in [0.3, 0.4) is 0 Å². The summed E-state index contributed by atoms with van der Waals surface area (Å²) < 4.78 is 7.24. The van der Waals surface area contributed by atoms with Crippen molar-refractivity contribution in [1.82, 2.24) is 25.6 Å². The van der Waals surface area contributed by atoms with E-state index in [0.29, 0.717) is 11.3 Å². The average molecular weight is 393 g/mol. The topological polar surface area (TPSA) is 98.1 Å². The van der Waals surface area contributed by atoms with E-state index >= 15 is 0 Å². The average Bonchev–Trinajstić information content (AvgIpc) is 3.25. The first-order chi connectivity index (χ1) is 13.9. The second kappa shape index (κ2) is 9.01. The Morgan fingerprint density at radius 3 is 2.52 bits per heavy atom. The summed E-state index contributed by atoms with van der Waals surface area (Å²) in [4.78, 5) is 28.1. The van der Waals surface area contributed by atoms with Crippen molar-refractivity contribution in [3.05, 3.63) is 71.8 Å². The van der Waals surface area contributed by atoms with Gasteiger partial charge >= 0.3 is 0 Å². The zero-order valence-electron chi connectivity index (χ0n) is 16.5. The summed E-state index contributed by atoms with van der Waals surface area (Å²) >= 11 is 0. The minimum absolute atomic E-state index is 0.200. The summed E-state index contributed by atoms with van der Waals surface area (Å²) in [6.45, 7) is 5.89. The monoisotopic (exact) mass is 393 g/mol. The maximum Gasteiger partial charge on any atom is 0.276 e. The van der Waals surface area contributed by atoms with E-state index in [4.69, 9.17) is 4.74 Å². The molecule has 0 fully saturated rings. The second-order valence-corrected chi connectivity index (χ2v) is 6.87. The number of ether oxygens (including phenoxy) is 1. The van der Waals surface area contributed by atoms with Crippen LogP contribution in [0.25, 0.3) is 5.69 Å². The molecule has 3 rings (SSSR count). The van der Waals surface area contributed by atoms with E-state index in [1.807, 2.05) is 25.1 Å². The van der Waals surface area contributed by atoms with Crippen LogP contribution in [0.1, 0.15) is 41.3 Å². The summed E-state index contributed by atoms with van der Waals surface area (Å²) in [5, 5.41) is 4.02. The summed E-state index contributed by atoms with van der Waals surface area (Å²) in [5.41, 5.74) is 8.00. The third-order valence-corrected chi connectivity index (χ3v) is 4.28. The fourth-order valence-corrected chi connectivity index (χ4v) is 2.73. The largest absolute Gasteiger partial charge is 0.483 e. The first-order valence-corrected chi connectivity index (χ1v) is 9.21. The molecule has 2 amide bonds. The molecule has 0 aliphatic rings. The van der Waals surface area contributed by atoms with Crippen molar-refractivity contribution >= 4 is 11.8 Å². The zero-order valence-corrected chi connectivity index (χ0v) is 16.5. The standard InChI is InChI=1S/C21H23N5O3/c1-14(2)18-9-4-15(3)10-19(18)29-11-20(27)24-25-21(28)16-5-7-17(8-6-16)26-13-22-12-23-26/h4-10,12-14H,11H2,1-3H3,(H,24,27)(H,25,28). The van der Waals surface area contributed by atoms with E-state index in [9.17, 15) is 9.59 Å². The van der Waals surface area contributed by atoms with Gasteiger partial charge in [-0.2, -0.15) is 5.10 Å². The van der Waals surface area contributed by atoms with Gasteiger partial charge in [0.25, 0.3) is 11.8 Å². The van der Waals surface area contributed by atoms with Crippen LogP contribution in [0.15, 0.2) is 55.1 Å². The molecule has 0 unspecified atom stereocenters. The van der Waals surface area contributed by atoms with Crippen LogP contribution in [0.2, 0.25) is 0 Å². The Hall–Kier alpha value is -3.68. The van der Waals surface area contributed by atoms with Gasteiger partial charge in [0.15, 0.2) is 6.61 Å². The third-order valence-electron chi connectivity index (χ3n) is 4.28. The van der Waals surface area contributed by atoms with Gasteiger partial charge in [0.05, 0.1) is 5.69 Å². The molecular formula is C21H23N5O3. The maximum absolute atomic E-state index is 12.2. The molecule has 0 saturated heterocycles. The Balaban J connectivity index is 1.52. The zero-order chi connectivity index (χ0) is 20.8. The first kappa shape index (κ1) is 20.1. The van der Waals surface area contributed by atoms with Crippen LogP contribution in [0.4, 0.5) is 0 Å². The molecule has 2 aromatic carbocycles. The number of amides is 2. The van der Waals surface area contributed by atoms with Gasteiger partial charge < -0.3 is 4.74 Å². The number of hydrogen-bond acceptors (Lipinski definition) is 5. The lowest BCUT2D eigenvalue weighted by molar-refractivity contribution is -0.123. The number of carbonyl (C=O) groups excluding carboxylic acids is 2. The quantitative estimate of drug-likeness (QED) is 0.627. The molecule has 2 N–H and O–H groups in total. The second-order valence-electron chi connectivity index (χ2n) is 6.87. The molecular weight excluding hydrogens is 370 g/mol. The highest BCUT2D eigenvalue weighted by Gasteiger charge is 2.12. The predicted octanol–water partition coefficient (Wildman–Crippen LogP) is 2.54. The molecule has 150 valence electrons. The van der Waals surface area contributed by atoms with Gasteiger partial charge in [0.1, 0.15) is 18.4 Å². The van der Waals surface area contributed by atoms with Crippen LogP contribution in [-0.4, -0.2) is 33.2 Å². The lowest BCUT2D eigenvalue weighted by atomic mass is 10.0. The van der Waals surface area contributed by atoms with E-state index in [1.54, 1.807) is 35.3 Å². The van der Waals surface area contributed by atoms with Crippen LogP contribution >= 0.6 is 0 Å². The number of rotatable bonds is 6. The molecule has 0 spiro atoms. The van der Waals surface area contributed by atoms with Crippen molar-refractivity contribution in [2.45, 2.75) is 26.7 Å². The maximum atomic E-state index is 12.2. The SMILES string of the molecule is Cc1ccc(C(C)C)c(OCC(=O)NNC(=O)c2ccc(-n3cncn3)cc2)c1. The van der Waals surface area contributed by atoms with Gasteiger partial charge in [-0.05, 0) is 54.3 Å². The van der Waals surface area contributed by atoms with Gasteiger partial charge in [-0.1, -0.05) is 26.0 Å². The minimum atomic E-state index is -0.450. The number of hydrazine groups is 1. The summed E-state index contributed by atoms with van der Waals surface area (Å²) in [5.74, 6) is 0.0646. The summed E-state index contributed by atoms with van der Waals surface area (Å²) in [6.07, 6.45) is 2.99. The predicted molar refractivity (Wildman–Crippen MR) is 108 cm³/mol. The molecule has 0 radical (unpaired) electrons. The Morgan fingerprint density at radius 2 is 1.86 bits per heavy atom. The smallest absolute Gasteiger partial charge is 0.276 e. The fraction of sp³-hybridized carbons (Fsp3) is 0.238. The number of aryl methyl sites for hydroxylation is 1. The van der Waals surface area contributed by atoms with Crippen molar-refractivity contribution < 1.29 is 14.3 Å². The Bertz CT molecular complexity index is 982. The molecule has 8 heteroatoms. The van der Waals surface area contributed by atoms with Gasteiger partial charge in [-0.3, -0.25) is 20.4 Å². The molecule has 29 heavy (non-hydrogen) atoms. The Labute approximate surface area is 168 Å². The van der Waals surface area contributed by atoms with Gasteiger partial charge in [-0.15, -0.1) is 0 Å². The highest BCUT2D eigenvalue weighted by molar-refractivity contribution is 5.95.